The number of hydrogen-bond acceptors (Lipinski definition) is 7. The number of carbonyl (C=O) groups excluding carboxylic acids is 1. The van der Waals surface area contributed by atoms with Gasteiger partial charge in [-0.1, -0.05) is 5.21 Å². The summed E-state index contributed by atoms with van der Waals surface area (Å²) in [6, 6.07) is 6.03. The number of hydrogen-bond donors (Lipinski definition) is 1. The van der Waals surface area contributed by atoms with Crippen molar-refractivity contribution >= 4 is 22.4 Å². The third kappa shape index (κ3) is 3.17. The molecule has 0 saturated carbocycles. The number of aromatic nitrogens is 6. The van der Waals surface area contributed by atoms with Gasteiger partial charge in [0.1, 0.15) is 11.5 Å². The molecule has 4 aromatic rings. The van der Waals surface area contributed by atoms with Gasteiger partial charge < -0.3 is 0 Å². The molecule has 4 rings (SSSR count). The highest BCUT2D eigenvalue weighted by Crippen LogP contribution is 2.24. The minimum Gasteiger partial charge on any atom is -0.296 e. The average molecular weight is 367 g/mol. The zero-order chi connectivity index (χ0) is 17.9. The number of rotatable bonds is 4. The van der Waals surface area contributed by atoms with Crippen LogP contribution >= 0.6 is 11.3 Å². The molecule has 0 radical (unpaired) electrons. The second kappa shape index (κ2) is 6.76. The molecule has 128 valence electrons. The van der Waals surface area contributed by atoms with E-state index in [0.29, 0.717) is 22.2 Å². The van der Waals surface area contributed by atoms with Gasteiger partial charge in [0.05, 0.1) is 23.8 Å². The van der Waals surface area contributed by atoms with Gasteiger partial charge in [-0.2, -0.15) is 0 Å². The molecule has 10 heteroatoms. The maximum Gasteiger partial charge on any atom is 0.277 e. The van der Waals surface area contributed by atoms with Crippen LogP contribution in [0.15, 0.2) is 54.4 Å². The fourth-order valence-corrected chi connectivity index (χ4v) is 2.91. The van der Waals surface area contributed by atoms with Gasteiger partial charge in [0.15, 0.2) is 10.8 Å². The molecule has 0 aliphatic heterocycles. The molecule has 0 unspecified atom stereocenters. The molecule has 26 heavy (non-hydrogen) atoms. The van der Waals surface area contributed by atoms with Crippen LogP contribution in [0.1, 0.15) is 10.5 Å². The van der Waals surface area contributed by atoms with E-state index in [1.165, 1.54) is 40.5 Å². The van der Waals surface area contributed by atoms with Crippen molar-refractivity contribution in [1.29, 1.82) is 0 Å². The first-order chi connectivity index (χ1) is 12.7. The Hall–Kier alpha value is -3.53. The summed E-state index contributed by atoms with van der Waals surface area (Å²) in [5.74, 6) is -0.827. The number of thiazole rings is 1. The predicted molar refractivity (Wildman–Crippen MR) is 92.4 cm³/mol. The van der Waals surface area contributed by atoms with Crippen LogP contribution in [0.2, 0.25) is 0 Å². The second-order valence-electron chi connectivity index (χ2n) is 5.09. The quantitative estimate of drug-likeness (QED) is 0.595. The van der Waals surface area contributed by atoms with Crippen molar-refractivity contribution in [2.75, 3.05) is 5.32 Å². The van der Waals surface area contributed by atoms with Gasteiger partial charge in [0.25, 0.3) is 5.91 Å². The Morgan fingerprint density at radius 3 is 2.92 bits per heavy atom. The summed E-state index contributed by atoms with van der Waals surface area (Å²) < 4.78 is 14.7. The first kappa shape index (κ1) is 16.0. The smallest absolute Gasteiger partial charge is 0.277 e. The third-order valence-electron chi connectivity index (χ3n) is 3.38. The Balaban J connectivity index is 1.56. The zero-order valence-corrected chi connectivity index (χ0v) is 13.9. The summed E-state index contributed by atoms with van der Waals surface area (Å²) >= 11 is 1.21. The van der Waals surface area contributed by atoms with Crippen molar-refractivity contribution < 1.29 is 9.18 Å². The fourth-order valence-electron chi connectivity index (χ4n) is 2.21. The number of amides is 1. The van der Waals surface area contributed by atoms with Crippen molar-refractivity contribution in [1.82, 2.24) is 29.9 Å². The molecule has 0 atom stereocenters. The Morgan fingerprint density at radius 2 is 2.12 bits per heavy atom. The molecule has 0 aliphatic rings. The van der Waals surface area contributed by atoms with Gasteiger partial charge in [-0.15, -0.1) is 16.4 Å². The molecule has 0 bridgehead atoms. The zero-order valence-electron chi connectivity index (χ0n) is 13.1. The lowest BCUT2D eigenvalue weighted by molar-refractivity contribution is 0.101. The van der Waals surface area contributed by atoms with Crippen molar-refractivity contribution in [3.63, 3.8) is 0 Å². The summed E-state index contributed by atoms with van der Waals surface area (Å²) in [6.07, 6.45) is 5.91. The number of nitrogens with one attached hydrogen (secondary N) is 1. The first-order valence-corrected chi connectivity index (χ1v) is 8.28. The van der Waals surface area contributed by atoms with E-state index in [2.05, 4.69) is 30.6 Å². The summed E-state index contributed by atoms with van der Waals surface area (Å²) in [4.78, 5) is 24.9. The van der Waals surface area contributed by atoms with Crippen LogP contribution in [0.5, 0.6) is 0 Å². The molecule has 0 spiro atoms. The molecule has 4 aromatic heterocycles. The van der Waals surface area contributed by atoms with Gasteiger partial charge in [-0.05, 0) is 18.2 Å². The lowest BCUT2D eigenvalue weighted by Crippen LogP contribution is -2.17. The number of anilines is 1. The van der Waals surface area contributed by atoms with Crippen molar-refractivity contribution in [2.45, 2.75) is 0 Å². The highest BCUT2D eigenvalue weighted by atomic mass is 32.1. The monoisotopic (exact) mass is 367 g/mol. The van der Waals surface area contributed by atoms with E-state index in [1.54, 1.807) is 29.9 Å². The van der Waals surface area contributed by atoms with Crippen molar-refractivity contribution in [3.05, 3.63) is 65.9 Å². The molecule has 8 nitrogen and oxygen atoms in total. The van der Waals surface area contributed by atoms with E-state index >= 15 is 0 Å². The Morgan fingerprint density at radius 1 is 1.19 bits per heavy atom. The number of carbonyl (C=O) groups is 1. The number of nitrogens with zero attached hydrogens (tertiary/aromatic N) is 6. The van der Waals surface area contributed by atoms with E-state index in [1.807, 2.05) is 0 Å². The maximum absolute atomic E-state index is 13.3. The summed E-state index contributed by atoms with van der Waals surface area (Å²) in [5, 5.41) is 12.4. The summed E-state index contributed by atoms with van der Waals surface area (Å²) in [7, 11) is 0. The normalized spacial score (nSPS) is 10.7. The molecule has 1 amide bonds. The van der Waals surface area contributed by atoms with E-state index < -0.39 is 11.7 Å². The van der Waals surface area contributed by atoms with Gasteiger partial charge >= 0.3 is 0 Å². The molecule has 1 N–H and O–H groups in total. The Kier molecular flexibility index (Phi) is 4.15. The van der Waals surface area contributed by atoms with Gasteiger partial charge in [-0.3, -0.25) is 20.1 Å². The number of pyridine rings is 2. The molecule has 0 fully saturated rings. The minimum absolute atomic E-state index is 0.235. The highest BCUT2D eigenvalue weighted by molar-refractivity contribution is 7.14. The Labute approximate surface area is 150 Å². The van der Waals surface area contributed by atoms with Crippen LogP contribution < -0.4 is 5.32 Å². The van der Waals surface area contributed by atoms with E-state index in [4.69, 9.17) is 0 Å². The van der Waals surface area contributed by atoms with Crippen LogP contribution in [0.25, 0.3) is 17.1 Å². The molecule has 0 aromatic carbocycles. The predicted octanol–water partition coefficient (Wildman–Crippen LogP) is 2.57. The maximum atomic E-state index is 13.3. The molecule has 4 heterocycles. The van der Waals surface area contributed by atoms with Crippen LogP contribution in [-0.4, -0.2) is 35.9 Å². The molecular weight excluding hydrogens is 357 g/mol. The average Bonchev–Trinajstić information content (AvgIpc) is 3.32. The molecule has 0 aliphatic carbocycles. The lowest BCUT2D eigenvalue weighted by atomic mass is 10.3. The fraction of sp³-hybridized carbons (Fsp3) is 0. The standard InChI is InChI=1S/C16H10FN7OS/c17-10-3-5-19-12(6-10)13-9-26-16(21-13)22-15(25)14-8-20-23-24(14)11-2-1-4-18-7-11/h1-9H,(H,21,22,25). The van der Waals surface area contributed by atoms with Gasteiger partial charge in [0.2, 0.25) is 0 Å². The van der Waals surface area contributed by atoms with E-state index in [-0.39, 0.29) is 5.69 Å². The van der Waals surface area contributed by atoms with Crippen LogP contribution in [0.3, 0.4) is 0 Å². The molecule has 0 saturated heterocycles. The number of halogens is 1. The first-order valence-electron chi connectivity index (χ1n) is 7.40. The van der Waals surface area contributed by atoms with Crippen LogP contribution in [0.4, 0.5) is 9.52 Å². The van der Waals surface area contributed by atoms with Crippen molar-refractivity contribution in [2.24, 2.45) is 0 Å². The van der Waals surface area contributed by atoms with Gasteiger partial charge in [-0.25, -0.2) is 14.1 Å². The topological polar surface area (TPSA) is 98.5 Å². The van der Waals surface area contributed by atoms with E-state index in [0.717, 1.165) is 0 Å². The Bertz CT molecular complexity index is 1060. The third-order valence-corrected chi connectivity index (χ3v) is 4.14. The summed E-state index contributed by atoms with van der Waals surface area (Å²) in [5.41, 5.74) is 1.71. The largest absolute Gasteiger partial charge is 0.296 e. The minimum atomic E-state index is -0.424. The van der Waals surface area contributed by atoms with Gasteiger partial charge in [0, 0.05) is 23.8 Å². The van der Waals surface area contributed by atoms with E-state index in [9.17, 15) is 9.18 Å². The van der Waals surface area contributed by atoms with Crippen molar-refractivity contribution in [3.8, 4) is 17.1 Å². The SMILES string of the molecule is O=C(Nc1nc(-c2cc(F)ccn2)cs1)c1cnnn1-c1cccnc1. The van der Waals surface area contributed by atoms with Crippen LogP contribution in [0, 0.1) is 5.82 Å². The lowest BCUT2D eigenvalue weighted by Gasteiger charge is -2.04. The van der Waals surface area contributed by atoms with Crippen LogP contribution in [-0.2, 0) is 0 Å². The second-order valence-corrected chi connectivity index (χ2v) is 5.95. The molecular formula is C16H10FN7OS. The summed E-state index contributed by atoms with van der Waals surface area (Å²) in [6.45, 7) is 0. The highest BCUT2D eigenvalue weighted by Gasteiger charge is 2.17.